The number of nitrogens with one attached hydrogen (secondary N) is 2. The summed E-state index contributed by atoms with van der Waals surface area (Å²) in [5, 5.41) is 8.74. The van der Waals surface area contributed by atoms with Crippen LogP contribution in [-0.4, -0.2) is 34.0 Å². The fraction of sp³-hybridized carbons (Fsp3) is 0.250. The quantitative estimate of drug-likeness (QED) is 0.628. The molecule has 0 fully saturated rings. The zero-order chi connectivity index (χ0) is 22.7. The molecule has 8 heteroatoms. The van der Waals surface area contributed by atoms with Gasteiger partial charge in [-0.15, -0.1) is 0 Å². The van der Waals surface area contributed by atoms with E-state index < -0.39 is 0 Å². The van der Waals surface area contributed by atoms with Crippen molar-refractivity contribution in [2.75, 3.05) is 11.6 Å². The highest BCUT2D eigenvalue weighted by molar-refractivity contribution is 6.39. The van der Waals surface area contributed by atoms with Crippen molar-refractivity contribution < 1.29 is 9.59 Å². The van der Waals surface area contributed by atoms with Gasteiger partial charge in [0, 0.05) is 12.2 Å². The molecule has 0 aliphatic carbocycles. The van der Waals surface area contributed by atoms with Crippen molar-refractivity contribution in [3.05, 3.63) is 82.7 Å². The second kappa shape index (κ2) is 9.05. The minimum Gasteiger partial charge on any atom is -0.345 e. The molecule has 0 saturated carbocycles. The van der Waals surface area contributed by atoms with Crippen LogP contribution in [0.2, 0.25) is 0 Å². The van der Waals surface area contributed by atoms with Gasteiger partial charge in [-0.2, -0.15) is 5.10 Å². The summed E-state index contributed by atoms with van der Waals surface area (Å²) in [4.78, 5) is 29.0. The lowest BCUT2D eigenvalue weighted by molar-refractivity contribution is -0.118. The Hall–Kier alpha value is -3.94. The lowest BCUT2D eigenvalue weighted by Gasteiger charge is -2.27. The minimum absolute atomic E-state index is 0.0816. The Labute approximate surface area is 186 Å². The summed E-state index contributed by atoms with van der Waals surface area (Å²) in [6.45, 7) is 6.92. The zero-order valence-corrected chi connectivity index (χ0v) is 18.4. The number of carbonyl (C=O) groups excluding carboxylic acids is 2. The molecule has 2 heterocycles. The first-order valence-corrected chi connectivity index (χ1v) is 10.5. The van der Waals surface area contributed by atoms with Crippen molar-refractivity contribution in [2.24, 2.45) is 4.99 Å². The second-order valence-electron chi connectivity index (χ2n) is 7.93. The van der Waals surface area contributed by atoms with E-state index in [1.807, 2.05) is 74.0 Å². The van der Waals surface area contributed by atoms with Crippen molar-refractivity contribution in [2.45, 2.75) is 33.9 Å². The van der Waals surface area contributed by atoms with Gasteiger partial charge in [0.1, 0.15) is 6.54 Å². The summed E-state index contributed by atoms with van der Waals surface area (Å²) >= 11 is 0. The van der Waals surface area contributed by atoms with Crippen molar-refractivity contribution >= 4 is 23.3 Å². The Bertz CT molecular complexity index is 1180. The predicted molar refractivity (Wildman–Crippen MR) is 123 cm³/mol. The van der Waals surface area contributed by atoms with Gasteiger partial charge in [0.05, 0.1) is 17.9 Å². The average Bonchev–Trinajstić information content (AvgIpc) is 3.10. The van der Waals surface area contributed by atoms with Crippen molar-refractivity contribution in [1.82, 2.24) is 20.5 Å². The Balaban J connectivity index is 1.38. The van der Waals surface area contributed by atoms with Gasteiger partial charge in [0.15, 0.2) is 0 Å². The summed E-state index contributed by atoms with van der Waals surface area (Å²) in [5.74, 6) is -0.468. The first kappa shape index (κ1) is 21.3. The standard InChI is InChI=1S/C24H26N6O2/c1-16-7-9-21(10-8-16)30-22(31)14-25-23(28-30)24(32)26-13-19-5-4-6-20(12-19)15-29-18(3)11-17(2)27-29/h4-12H,13-15H2,1-3H3,(H,25,28)(H,26,32). The van der Waals surface area contributed by atoms with E-state index in [1.165, 1.54) is 5.01 Å². The highest BCUT2D eigenvalue weighted by Gasteiger charge is 2.25. The van der Waals surface area contributed by atoms with Gasteiger partial charge in [-0.05, 0) is 50.1 Å². The van der Waals surface area contributed by atoms with Gasteiger partial charge < -0.3 is 5.32 Å². The van der Waals surface area contributed by atoms with Crippen LogP contribution in [0.25, 0.3) is 0 Å². The number of hydrazine groups is 1. The number of carbonyl (C=O) groups is 2. The maximum absolute atomic E-state index is 12.7. The molecule has 0 unspecified atom stereocenters. The van der Waals surface area contributed by atoms with E-state index in [1.54, 1.807) is 0 Å². The van der Waals surface area contributed by atoms with Crippen LogP contribution in [0.4, 0.5) is 5.69 Å². The molecule has 0 bridgehead atoms. The topological polar surface area (TPSA) is 91.6 Å². The van der Waals surface area contributed by atoms with Gasteiger partial charge in [0.2, 0.25) is 5.84 Å². The van der Waals surface area contributed by atoms with Crippen LogP contribution in [0.5, 0.6) is 0 Å². The molecule has 8 nitrogen and oxygen atoms in total. The Morgan fingerprint density at radius 1 is 1.06 bits per heavy atom. The van der Waals surface area contributed by atoms with E-state index in [2.05, 4.69) is 26.9 Å². The maximum atomic E-state index is 12.7. The fourth-order valence-electron chi connectivity index (χ4n) is 3.56. The van der Waals surface area contributed by atoms with E-state index in [0.717, 1.165) is 28.1 Å². The van der Waals surface area contributed by atoms with Crippen LogP contribution in [-0.2, 0) is 22.7 Å². The van der Waals surface area contributed by atoms with E-state index in [4.69, 9.17) is 0 Å². The largest absolute Gasteiger partial charge is 0.345 e. The van der Waals surface area contributed by atoms with Gasteiger partial charge in [-0.25, -0.2) is 5.01 Å². The molecule has 32 heavy (non-hydrogen) atoms. The molecule has 0 spiro atoms. The van der Waals surface area contributed by atoms with Gasteiger partial charge >= 0.3 is 0 Å². The molecule has 0 radical (unpaired) electrons. The van der Waals surface area contributed by atoms with Crippen molar-refractivity contribution in [1.29, 1.82) is 0 Å². The van der Waals surface area contributed by atoms with E-state index in [-0.39, 0.29) is 24.2 Å². The monoisotopic (exact) mass is 430 g/mol. The van der Waals surface area contributed by atoms with Crippen LogP contribution in [0, 0.1) is 20.8 Å². The molecule has 1 aliphatic heterocycles. The number of amides is 2. The van der Waals surface area contributed by atoms with E-state index in [9.17, 15) is 9.59 Å². The average molecular weight is 431 g/mol. The molecule has 2 N–H and O–H groups in total. The Morgan fingerprint density at radius 3 is 2.53 bits per heavy atom. The number of amidine groups is 1. The minimum atomic E-state index is -0.362. The fourth-order valence-corrected chi connectivity index (χ4v) is 3.56. The highest BCUT2D eigenvalue weighted by Crippen LogP contribution is 2.15. The summed E-state index contributed by atoms with van der Waals surface area (Å²) < 4.78 is 1.96. The SMILES string of the molecule is Cc1ccc(N2NC(C(=O)NCc3cccc(Cn4nc(C)cc4C)c3)=NCC2=O)cc1. The number of nitrogens with zero attached hydrogens (tertiary/aromatic N) is 4. The molecule has 164 valence electrons. The lowest BCUT2D eigenvalue weighted by atomic mass is 10.1. The molecular weight excluding hydrogens is 404 g/mol. The second-order valence-corrected chi connectivity index (χ2v) is 7.93. The molecule has 2 amide bonds. The number of aromatic nitrogens is 2. The van der Waals surface area contributed by atoms with Crippen LogP contribution < -0.4 is 15.8 Å². The summed E-state index contributed by atoms with van der Waals surface area (Å²) in [7, 11) is 0. The smallest absolute Gasteiger partial charge is 0.288 e. The molecule has 3 aromatic rings. The van der Waals surface area contributed by atoms with Gasteiger partial charge in [-0.3, -0.25) is 24.7 Å². The highest BCUT2D eigenvalue weighted by atomic mass is 16.2. The number of hydrogen-bond donors (Lipinski definition) is 2. The van der Waals surface area contributed by atoms with Gasteiger partial charge in [-0.1, -0.05) is 42.0 Å². The molecule has 2 aromatic carbocycles. The first-order chi connectivity index (χ1) is 15.4. The zero-order valence-electron chi connectivity index (χ0n) is 18.4. The first-order valence-electron chi connectivity index (χ1n) is 10.5. The van der Waals surface area contributed by atoms with Gasteiger partial charge in [0.25, 0.3) is 11.8 Å². The van der Waals surface area contributed by atoms with Crippen LogP contribution in [0.3, 0.4) is 0 Å². The third kappa shape index (κ3) is 4.85. The van der Waals surface area contributed by atoms with Crippen LogP contribution in [0.15, 0.2) is 59.6 Å². The van der Waals surface area contributed by atoms with E-state index in [0.29, 0.717) is 18.8 Å². The van der Waals surface area contributed by atoms with Crippen LogP contribution in [0.1, 0.15) is 28.1 Å². The number of hydrogen-bond acceptors (Lipinski definition) is 5. The Morgan fingerprint density at radius 2 is 1.81 bits per heavy atom. The molecule has 4 rings (SSSR count). The van der Waals surface area contributed by atoms with Crippen molar-refractivity contribution in [3.8, 4) is 0 Å². The molecular formula is C24H26N6O2. The Kier molecular flexibility index (Phi) is 6.02. The predicted octanol–water partition coefficient (Wildman–Crippen LogP) is 2.42. The van der Waals surface area contributed by atoms with Crippen molar-refractivity contribution in [3.63, 3.8) is 0 Å². The molecule has 1 aromatic heterocycles. The van der Waals surface area contributed by atoms with E-state index >= 15 is 0 Å². The molecule has 0 saturated heterocycles. The molecule has 0 atom stereocenters. The number of aryl methyl sites for hydroxylation is 3. The third-order valence-electron chi connectivity index (χ3n) is 5.23. The van der Waals surface area contributed by atoms with Crippen LogP contribution >= 0.6 is 0 Å². The summed E-state index contributed by atoms with van der Waals surface area (Å²) in [5.41, 5.74) is 8.76. The summed E-state index contributed by atoms with van der Waals surface area (Å²) in [6.07, 6.45) is 0. The number of anilines is 1. The summed E-state index contributed by atoms with van der Waals surface area (Å²) in [6, 6.07) is 17.6. The number of rotatable bonds is 6. The molecule has 1 aliphatic rings. The number of aliphatic imine (C=N–C) groups is 1. The maximum Gasteiger partial charge on any atom is 0.288 e. The third-order valence-corrected chi connectivity index (χ3v) is 5.23. The normalized spacial score (nSPS) is 13.5. The lowest BCUT2D eigenvalue weighted by Crippen LogP contribution is -2.55. The number of benzene rings is 2.